The summed E-state index contributed by atoms with van der Waals surface area (Å²) < 4.78 is 24.7. The fraction of sp³-hybridized carbons (Fsp3) is 0.576. The average Bonchev–Trinajstić information content (AvgIpc) is 2.97. The molecule has 3 aliphatic rings. The van der Waals surface area contributed by atoms with Crippen molar-refractivity contribution >= 4 is 28.9 Å². The summed E-state index contributed by atoms with van der Waals surface area (Å²) in [5, 5.41) is 6.56. The number of nitrogens with one attached hydrogen (secondary N) is 2. The molecule has 0 radical (unpaired) electrons. The number of halogens is 1. The van der Waals surface area contributed by atoms with Gasteiger partial charge in [-0.25, -0.2) is 9.18 Å². The van der Waals surface area contributed by atoms with E-state index < -0.39 is 11.7 Å². The van der Waals surface area contributed by atoms with Gasteiger partial charge in [-0.3, -0.25) is 15.0 Å². The number of carbonyl (C=O) groups is 2. The van der Waals surface area contributed by atoms with Crippen LogP contribution in [0, 0.1) is 11.7 Å². The molecule has 1 saturated carbocycles. The number of amides is 1. The Morgan fingerprint density at radius 3 is 2.43 bits per heavy atom. The maximum Gasteiger partial charge on any atom is 0.412 e. The van der Waals surface area contributed by atoms with Gasteiger partial charge in [0.2, 0.25) is 0 Å². The average molecular weight is 581 g/mol. The Morgan fingerprint density at radius 2 is 1.74 bits per heavy atom. The quantitative estimate of drug-likeness (QED) is 0.401. The van der Waals surface area contributed by atoms with Crippen molar-refractivity contribution < 1.29 is 23.5 Å². The van der Waals surface area contributed by atoms with Crippen LogP contribution in [0.15, 0.2) is 36.4 Å². The van der Waals surface area contributed by atoms with Gasteiger partial charge in [0.1, 0.15) is 17.2 Å². The summed E-state index contributed by atoms with van der Waals surface area (Å²) in [5.74, 6) is 0.697. The van der Waals surface area contributed by atoms with Crippen molar-refractivity contribution in [3.05, 3.63) is 47.8 Å². The highest BCUT2D eigenvalue weighted by atomic mass is 19.1. The molecule has 9 heteroatoms. The Morgan fingerprint density at radius 1 is 1.00 bits per heavy atom. The molecule has 228 valence electrons. The van der Waals surface area contributed by atoms with Crippen molar-refractivity contribution in [3.8, 4) is 5.75 Å². The summed E-state index contributed by atoms with van der Waals surface area (Å²) in [4.78, 5) is 31.0. The van der Waals surface area contributed by atoms with Gasteiger partial charge < -0.3 is 19.7 Å². The Labute approximate surface area is 248 Å². The van der Waals surface area contributed by atoms with Gasteiger partial charge >= 0.3 is 6.09 Å². The third-order valence-corrected chi connectivity index (χ3v) is 8.69. The highest BCUT2D eigenvalue weighted by Gasteiger charge is 2.40. The summed E-state index contributed by atoms with van der Waals surface area (Å²) in [6, 6.07) is 10.3. The third kappa shape index (κ3) is 7.17. The molecule has 0 spiro atoms. The first kappa shape index (κ1) is 30.1. The molecule has 2 unspecified atom stereocenters. The van der Waals surface area contributed by atoms with Gasteiger partial charge in [0, 0.05) is 55.6 Å². The number of hydrogen-bond donors (Lipinski definition) is 2. The summed E-state index contributed by atoms with van der Waals surface area (Å²) in [6.07, 6.45) is 6.58. The van der Waals surface area contributed by atoms with E-state index in [2.05, 4.69) is 20.4 Å². The van der Waals surface area contributed by atoms with Crippen molar-refractivity contribution in [2.24, 2.45) is 5.92 Å². The van der Waals surface area contributed by atoms with E-state index in [1.165, 1.54) is 18.6 Å². The fourth-order valence-electron chi connectivity index (χ4n) is 6.68. The van der Waals surface area contributed by atoms with E-state index in [0.717, 1.165) is 81.6 Å². The summed E-state index contributed by atoms with van der Waals surface area (Å²) in [7, 11) is 1.57. The SMILES string of the molecule is COc1cc(F)ccc1N1CCN(C(C(=O)C2CCCCC2)C2CCc3cc(NC(=O)OC(C)(C)C)ccc3N2)CC1. The van der Waals surface area contributed by atoms with Gasteiger partial charge in [-0.05, 0) is 82.3 Å². The minimum Gasteiger partial charge on any atom is -0.494 e. The minimum atomic E-state index is -0.566. The van der Waals surface area contributed by atoms with Crippen molar-refractivity contribution in [1.29, 1.82) is 0 Å². The van der Waals surface area contributed by atoms with Crippen LogP contribution < -0.4 is 20.3 Å². The van der Waals surface area contributed by atoms with E-state index in [9.17, 15) is 14.0 Å². The normalized spacial score (nSPS) is 20.7. The van der Waals surface area contributed by atoms with Crippen molar-refractivity contribution in [1.82, 2.24) is 4.90 Å². The van der Waals surface area contributed by atoms with Crippen LogP contribution in [0.3, 0.4) is 0 Å². The predicted molar refractivity (Wildman–Crippen MR) is 164 cm³/mol. The number of nitrogens with zero attached hydrogens (tertiary/aromatic N) is 2. The molecule has 2 aliphatic heterocycles. The summed E-state index contributed by atoms with van der Waals surface area (Å²) in [5.41, 5.74) is 3.15. The standard InChI is InChI=1S/C33H45FN4O4/c1-33(2,3)42-32(40)35-25-12-14-26-23(20-25)10-13-27(36-26)30(31(39)22-8-6-5-7-9-22)38-18-16-37(17-19-38)28-15-11-24(34)21-29(28)41-4/h11-12,14-15,20-22,27,30,36H,5-10,13,16-19H2,1-4H3,(H,35,40). The van der Waals surface area contributed by atoms with Crippen LogP contribution in [-0.4, -0.2) is 67.7 Å². The molecular weight excluding hydrogens is 535 g/mol. The van der Waals surface area contributed by atoms with Gasteiger partial charge in [-0.2, -0.15) is 0 Å². The van der Waals surface area contributed by atoms with Crippen molar-refractivity contribution in [3.63, 3.8) is 0 Å². The number of piperazine rings is 1. The lowest BCUT2D eigenvalue weighted by Gasteiger charge is -2.45. The molecule has 1 saturated heterocycles. The number of benzene rings is 2. The number of methoxy groups -OCH3 is 1. The second-order valence-electron chi connectivity index (χ2n) is 12.8. The number of carbonyl (C=O) groups excluding carboxylic acids is 2. The number of fused-ring (bicyclic) bond motifs is 1. The second-order valence-corrected chi connectivity index (χ2v) is 12.8. The predicted octanol–water partition coefficient (Wildman–Crippen LogP) is 6.25. The lowest BCUT2D eigenvalue weighted by Crippen LogP contribution is -2.60. The molecule has 2 N–H and O–H groups in total. The van der Waals surface area contributed by atoms with Gasteiger partial charge in [0.15, 0.2) is 5.78 Å². The molecule has 2 fully saturated rings. The summed E-state index contributed by atoms with van der Waals surface area (Å²) >= 11 is 0. The van der Waals surface area contributed by atoms with E-state index >= 15 is 0 Å². The zero-order chi connectivity index (χ0) is 29.9. The van der Waals surface area contributed by atoms with Crippen LogP contribution in [0.4, 0.5) is 26.2 Å². The highest BCUT2D eigenvalue weighted by molar-refractivity contribution is 5.88. The lowest BCUT2D eigenvalue weighted by atomic mass is 9.80. The minimum absolute atomic E-state index is 0.00324. The first-order valence-electron chi connectivity index (χ1n) is 15.4. The number of aryl methyl sites for hydroxylation is 1. The number of rotatable bonds is 7. The summed E-state index contributed by atoms with van der Waals surface area (Å²) in [6.45, 7) is 8.48. The van der Waals surface area contributed by atoms with Crippen LogP contribution in [0.25, 0.3) is 0 Å². The molecule has 2 aromatic carbocycles. The molecule has 0 bridgehead atoms. The monoisotopic (exact) mass is 580 g/mol. The zero-order valence-corrected chi connectivity index (χ0v) is 25.4. The van der Waals surface area contributed by atoms with Crippen LogP contribution in [0.1, 0.15) is 64.9 Å². The molecule has 1 aliphatic carbocycles. The molecule has 2 heterocycles. The largest absolute Gasteiger partial charge is 0.494 e. The molecule has 8 nitrogen and oxygen atoms in total. The van der Waals surface area contributed by atoms with Crippen LogP contribution in [0.5, 0.6) is 5.75 Å². The van der Waals surface area contributed by atoms with Crippen molar-refractivity contribution in [2.75, 3.05) is 48.8 Å². The molecule has 42 heavy (non-hydrogen) atoms. The number of hydrogen-bond acceptors (Lipinski definition) is 7. The molecular formula is C33H45FN4O4. The lowest BCUT2D eigenvalue weighted by molar-refractivity contribution is -0.130. The Kier molecular flexibility index (Phi) is 9.25. The van der Waals surface area contributed by atoms with Gasteiger partial charge in [-0.1, -0.05) is 19.3 Å². The van der Waals surface area contributed by atoms with E-state index in [1.54, 1.807) is 13.2 Å². The molecule has 1 amide bonds. The first-order chi connectivity index (χ1) is 20.1. The maximum absolute atomic E-state index is 14.2. The number of anilines is 3. The number of ketones is 1. The molecule has 2 aromatic rings. The van der Waals surface area contributed by atoms with E-state index in [1.807, 2.05) is 39.0 Å². The highest BCUT2D eigenvalue weighted by Crippen LogP contribution is 2.35. The van der Waals surface area contributed by atoms with E-state index in [0.29, 0.717) is 17.2 Å². The van der Waals surface area contributed by atoms with Crippen LogP contribution >= 0.6 is 0 Å². The molecule has 2 atom stereocenters. The number of ether oxygens (including phenoxy) is 2. The second kappa shape index (κ2) is 12.9. The van der Waals surface area contributed by atoms with E-state index in [-0.39, 0.29) is 23.8 Å². The zero-order valence-electron chi connectivity index (χ0n) is 25.4. The maximum atomic E-state index is 14.2. The Bertz CT molecular complexity index is 1270. The van der Waals surface area contributed by atoms with Crippen LogP contribution in [-0.2, 0) is 16.0 Å². The smallest absolute Gasteiger partial charge is 0.412 e. The fourth-order valence-corrected chi connectivity index (χ4v) is 6.68. The van der Waals surface area contributed by atoms with Gasteiger partial charge in [-0.15, -0.1) is 0 Å². The molecule has 0 aromatic heterocycles. The first-order valence-corrected chi connectivity index (χ1v) is 15.4. The Balaban J connectivity index is 1.31. The number of Topliss-reactive ketones (excluding diaryl/α,β-unsaturated/α-hetero) is 1. The molecule has 5 rings (SSSR count). The van der Waals surface area contributed by atoms with Gasteiger partial charge in [0.05, 0.1) is 18.8 Å². The van der Waals surface area contributed by atoms with Gasteiger partial charge in [0.25, 0.3) is 0 Å². The van der Waals surface area contributed by atoms with Crippen molar-refractivity contribution in [2.45, 2.75) is 83.4 Å². The topological polar surface area (TPSA) is 83.1 Å². The third-order valence-electron chi connectivity index (χ3n) is 8.69. The van der Waals surface area contributed by atoms with Crippen LogP contribution in [0.2, 0.25) is 0 Å². The van der Waals surface area contributed by atoms with E-state index in [4.69, 9.17) is 9.47 Å². The Hall–Kier alpha value is -3.33.